The van der Waals surface area contributed by atoms with Crippen LogP contribution >= 0.6 is 0 Å². The highest BCUT2D eigenvalue weighted by Gasteiger charge is 2.21. The number of carbonyl (C=O) groups is 1. The van der Waals surface area contributed by atoms with Gasteiger partial charge in [-0.1, -0.05) is 36.4 Å². The lowest BCUT2D eigenvalue weighted by Gasteiger charge is -2.20. The minimum atomic E-state index is -3.67. The zero-order valence-corrected chi connectivity index (χ0v) is 18.2. The molecule has 8 nitrogen and oxygen atoms in total. The summed E-state index contributed by atoms with van der Waals surface area (Å²) in [7, 11) is -5.97. The van der Waals surface area contributed by atoms with E-state index in [1.54, 1.807) is 13.0 Å². The molecule has 29 heavy (non-hydrogen) atoms. The van der Waals surface area contributed by atoms with Crippen molar-refractivity contribution >= 4 is 31.6 Å². The van der Waals surface area contributed by atoms with Crippen LogP contribution in [0, 0.1) is 6.92 Å². The van der Waals surface area contributed by atoms with Crippen LogP contribution < -0.4 is 10.0 Å². The summed E-state index contributed by atoms with van der Waals surface area (Å²) >= 11 is 0. The number of aryl methyl sites for hydroxylation is 1. The quantitative estimate of drug-likeness (QED) is 0.612. The number of amides is 1. The molecule has 0 aliphatic rings. The van der Waals surface area contributed by atoms with Crippen molar-refractivity contribution in [1.82, 2.24) is 9.03 Å². The molecular weight excluding hydrogens is 414 g/mol. The molecule has 0 saturated heterocycles. The highest BCUT2D eigenvalue weighted by molar-refractivity contribution is 7.89. The molecule has 2 aromatic rings. The van der Waals surface area contributed by atoms with Gasteiger partial charge in [-0.3, -0.25) is 4.79 Å². The molecule has 0 atom stereocenters. The third-order valence-corrected chi connectivity index (χ3v) is 7.01. The SMILES string of the molecule is CNS(=O)(=O)c1ccc(C)c(NC(=O)CN(CCc2ccccc2)S(C)(=O)=O)c1. The van der Waals surface area contributed by atoms with Crippen LogP contribution in [0.25, 0.3) is 0 Å². The van der Waals surface area contributed by atoms with E-state index in [1.807, 2.05) is 30.3 Å². The minimum absolute atomic E-state index is 0.00458. The van der Waals surface area contributed by atoms with E-state index in [1.165, 1.54) is 19.2 Å². The van der Waals surface area contributed by atoms with Crippen LogP contribution in [0.5, 0.6) is 0 Å². The van der Waals surface area contributed by atoms with E-state index in [9.17, 15) is 21.6 Å². The zero-order valence-electron chi connectivity index (χ0n) is 16.5. The lowest BCUT2D eigenvalue weighted by atomic mass is 10.1. The number of nitrogens with zero attached hydrogens (tertiary/aromatic N) is 1. The van der Waals surface area contributed by atoms with Gasteiger partial charge in [0.15, 0.2) is 0 Å². The molecule has 2 N–H and O–H groups in total. The van der Waals surface area contributed by atoms with E-state index < -0.39 is 26.0 Å². The largest absolute Gasteiger partial charge is 0.325 e. The van der Waals surface area contributed by atoms with E-state index in [0.29, 0.717) is 17.7 Å². The van der Waals surface area contributed by atoms with Gasteiger partial charge in [0.05, 0.1) is 17.7 Å². The van der Waals surface area contributed by atoms with Crippen LogP contribution in [0.15, 0.2) is 53.4 Å². The summed E-state index contributed by atoms with van der Waals surface area (Å²) in [4.78, 5) is 12.5. The molecule has 0 saturated carbocycles. The standard InChI is InChI=1S/C19H25N3O5S2/c1-15-9-10-17(29(26,27)20-2)13-18(15)21-19(23)14-22(28(3,24)25)12-11-16-7-5-4-6-8-16/h4-10,13,20H,11-12,14H2,1-3H3,(H,21,23). The fourth-order valence-electron chi connectivity index (χ4n) is 2.63. The Bertz CT molecular complexity index is 1070. The Morgan fingerprint density at radius 3 is 2.28 bits per heavy atom. The average Bonchev–Trinajstić information content (AvgIpc) is 2.66. The molecule has 0 radical (unpaired) electrons. The Morgan fingerprint density at radius 2 is 1.69 bits per heavy atom. The molecule has 0 fully saturated rings. The second kappa shape index (κ2) is 9.49. The number of sulfonamides is 2. The number of rotatable bonds is 9. The monoisotopic (exact) mass is 439 g/mol. The number of anilines is 1. The van der Waals surface area contributed by atoms with Gasteiger partial charge in [0.25, 0.3) is 0 Å². The van der Waals surface area contributed by atoms with Crippen molar-refractivity contribution in [2.24, 2.45) is 0 Å². The van der Waals surface area contributed by atoms with Crippen molar-refractivity contribution in [3.05, 3.63) is 59.7 Å². The summed E-state index contributed by atoms with van der Waals surface area (Å²) in [6, 6.07) is 13.7. The summed E-state index contributed by atoms with van der Waals surface area (Å²) in [5, 5.41) is 2.61. The number of hydrogen-bond donors (Lipinski definition) is 2. The van der Waals surface area contributed by atoms with E-state index in [0.717, 1.165) is 16.1 Å². The summed E-state index contributed by atoms with van der Waals surface area (Å²) in [5.41, 5.74) is 1.92. The van der Waals surface area contributed by atoms with Crippen molar-refractivity contribution in [2.45, 2.75) is 18.2 Å². The van der Waals surface area contributed by atoms with Crippen LogP contribution in [0.1, 0.15) is 11.1 Å². The number of benzene rings is 2. The van der Waals surface area contributed by atoms with Crippen molar-refractivity contribution in [3.8, 4) is 0 Å². The maximum atomic E-state index is 12.5. The van der Waals surface area contributed by atoms with Crippen LogP contribution in [0.2, 0.25) is 0 Å². The smallest absolute Gasteiger partial charge is 0.240 e. The molecule has 0 aromatic heterocycles. The number of nitrogens with one attached hydrogen (secondary N) is 2. The number of carbonyl (C=O) groups excluding carboxylic acids is 1. The van der Waals surface area contributed by atoms with Gasteiger partial charge >= 0.3 is 0 Å². The van der Waals surface area contributed by atoms with Gasteiger partial charge in [-0.25, -0.2) is 21.6 Å². The second-order valence-corrected chi connectivity index (χ2v) is 10.4. The van der Waals surface area contributed by atoms with Gasteiger partial charge in [0, 0.05) is 12.2 Å². The Kier molecular flexibility index (Phi) is 7.53. The zero-order chi connectivity index (χ0) is 21.7. The lowest BCUT2D eigenvalue weighted by Crippen LogP contribution is -2.38. The van der Waals surface area contributed by atoms with Crippen molar-refractivity contribution < 1.29 is 21.6 Å². The lowest BCUT2D eigenvalue weighted by molar-refractivity contribution is -0.116. The Balaban J connectivity index is 2.13. The Labute approximate surface area is 172 Å². The van der Waals surface area contributed by atoms with Gasteiger partial charge < -0.3 is 5.32 Å². The molecule has 2 aromatic carbocycles. The highest BCUT2D eigenvalue weighted by Crippen LogP contribution is 2.20. The highest BCUT2D eigenvalue weighted by atomic mass is 32.2. The van der Waals surface area contributed by atoms with Gasteiger partial charge in [-0.05, 0) is 43.7 Å². The minimum Gasteiger partial charge on any atom is -0.325 e. The van der Waals surface area contributed by atoms with Crippen LogP contribution in [0.3, 0.4) is 0 Å². The Morgan fingerprint density at radius 1 is 1.03 bits per heavy atom. The molecule has 0 aliphatic heterocycles. The number of hydrogen-bond acceptors (Lipinski definition) is 5. The summed E-state index contributed by atoms with van der Waals surface area (Å²) < 4.78 is 51.4. The third-order valence-electron chi connectivity index (χ3n) is 4.34. The van der Waals surface area contributed by atoms with Crippen LogP contribution in [-0.4, -0.2) is 53.4 Å². The third kappa shape index (κ3) is 6.64. The first-order valence-electron chi connectivity index (χ1n) is 8.86. The topological polar surface area (TPSA) is 113 Å². The molecule has 10 heteroatoms. The molecule has 0 heterocycles. The normalized spacial score (nSPS) is 12.1. The van der Waals surface area contributed by atoms with Crippen molar-refractivity contribution in [2.75, 3.05) is 31.7 Å². The first kappa shape index (κ1) is 23.0. The summed E-state index contributed by atoms with van der Waals surface area (Å²) in [5.74, 6) is -0.550. The van der Waals surface area contributed by atoms with Gasteiger partial charge in [0.2, 0.25) is 26.0 Å². The van der Waals surface area contributed by atoms with Gasteiger partial charge in [0.1, 0.15) is 0 Å². The maximum absolute atomic E-state index is 12.5. The van der Waals surface area contributed by atoms with E-state index in [-0.39, 0.29) is 18.0 Å². The van der Waals surface area contributed by atoms with Gasteiger partial charge in [-0.15, -0.1) is 0 Å². The van der Waals surface area contributed by atoms with Crippen molar-refractivity contribution in [1.29, 1.82) is 0 Å². The van der Waals surface area contributed by atoms with E-state index in [2.05, 4.69) is 10.0 Å². The predicted molar refractivity (Wildman–Crippen MR) is 113 cm³/mol. The molecule has 0 unspecified atom stereocenters. The van der Waals surface area contributed by atoms with E-state index in [4.69, 9.17) is 0 Å². The molecule has 0 bridgehead atoms. The van der Waals surface area contributed by atoms with Crippen LogP contribution in [-0.2, 0) is 31.3 Å². The van der Waals surface area contributed by atoms with E-state index >= 15 is 0 Å². The maximum Gasteiger partial charge on any atom is 0.240 e. The molecule has 0 aliphatic carbocycles. The van der Waals surface area contributed by atoms with Gasteiger partial charge in [-0.2, -0.15) is 4.31 Å². The fourth-order valence-corrected chi connectivity index (χ4v) is 4.16. The van der Waals surface area contributed by atoms with Crippen LogP contribution in [0.4, 0.5) is 5.69 Å². The fraction of sp³-hybridized carbons (Fsp3) is 0.316. The van der Waals surface area contributed by atoms with Crippen molar-refractivity contribution in [3.63, 3.8) is 0 Å². The first-order valence-corrected chi connectivity index (χ1v) is 12.2. The summed E-state index contributed by atoms with van der Waals surface area (Å²) in [6.07, 6.45) is 1.52. The Hall–Kier alpha value is -2.27. The molecule has 2 rings (SSSR count). The first-order chi connectivity index (χ1) is 13.5. The molecule has 0 spiro atoms. The average molecular weight is 440 g/mol. The second-order valence-electron chi connectivity index (χ2n) is 6.56. The predicted octanol–water partition coefficient (Wildman–Crippen LogP) is 1.35. The molecule has 1 amide bonds. The summed E-state index contributed by atoms with van der Waals surface area (Å²) in [6.45, 7) is 1.51. The molecular formula is C19H25N3O5S2. The molecule has 158 valence electrons.